The molecule has 0 saturated carbocycles. The number of nitrogens with one attached hydrogen (secondary N) is 1. The fourth-order valence-corrected chi connectivity index (χ4v) is 4.54. The van der Waals surface area contributed by atoms with Crippen LogP contribution in [-0.4, -0.2) is 53.0 Å². The number of carbonyl (C=O) groups excluding carboxylic acids is 3. The molecular weight excluding hydrogens is 486 g/mol. The standard InChI is InChI=1S/C29H29N3O6/c1-20(33)32-24(17-27(34)35)18-31(15-14-21-8-4-2-5-9-21)28(36)25-16-23(12-13-26(25)32)30-29(37)38-19-22-10-6-3-7-11-22/h2-13,16,24H,14-15,17-19H2,1H3,(H,30,37)(H,34,35)/t24-/m1/s1. The summed E-state index contributed by atoms with van der Waals surface area (Å²) in [5.74, 6) is -1.80. The molecule has 1 atom stereocenters. The smallest absolute Gasteiger partial charge is 0.411 e. The van der Waals surface area contributed by atoms with Gasteiger partial charge in [0.1, 0.15) is 6.61 Å². The van der Waals surface area contributed by atoms with Crippen LogP contribution >= 0.6 is 0 Å². The second-order valence-corrected chi connectivity index (χ2v) is 9.05. The van der Waals surface area contributed by atoms with Crippen molar-refractivity contribution in [1.29, 1.82) is 0 Å². The molecule has 1 aliphatic heterocycles. The molecule has 3 amide bonds. The summed E-state index contributed by atoms with van der Waals surface area (Å²) in [5, 5.41) is 12.2. The van der Waals surface area contributed by atoms with Gasteiger partial charge in [0.2, 0.25) is 5.91 Å². The van der Waals surface area contributed by atoms with Gasteiger partial charge in [-0.1, -0.05) is 60.7 Å². The van der Waals surface area contributed by atoms with Gasteiger partial charge >= 0.3 is 12.1 Å². The average Bonchev–Trinajstić information content (AvgIpc) is 3.01. The highest BCUT2D eigenvalue weighted by atomic mass is 16.5. The van der Waals surface area contributed by atoms with E-state index in [2.05, 4.69) is 5.32 Å². The minimum absolute atomic E-state index is 0.0636. The van der Waals surface area contributed by atoms with Crippen molar-refractivity contribution in [3.8, 4) is 0 Å². The van der Waals surface area contributed by atoms with Gasteiger partial charge in [-0.05, 0) is 35.7 Å². The molecule has 9 heteroatoms. The number of carboxylic acid groups (broad SMARTS) is 1. The summed E-state index contributed by atoms with van der Waals surface area (Å²) in [5.41, 5.74) is 2.68. The lowest BCUT2D eigenvalue weighted by Gasteiger charge is -2.30. The van der Waals surface area contributed by atoms with Crippen LogP contribution in [0.3, 0.4) is 0 Å². The van der Waals surface area contributed by atoms with E-state index in [-0.39, 0.29) is 37.0 Å². The van der Waals surface area contributed by atoms with E-state index in [1.165, 1.54) is 17.9 Å². The number of hydrogen-bond acceptors (Lipinski definition) is 5. The van der Waals surface area contributed by atoms with E-state index in [1.807, 2.05) is 60.7 Å². The van der Waals surface area contributed by atoms with Crippen molar-refractivity contribution in [3.63, 3.8) is 0 Å². The number of amides is 3. The molecule has 0 fully saturated rings. The molecule has 38 heavy (non-hydrogen) atoms. The molecule has 1 heterocycles. The first-order valence-electron chi connectivity index (χ1n) is 12.3. The molecule has 0 unspecified atom stereocenters. The zero-order valence-corrected chi connectivity index (χ0v) is 21.0. The second kappa shape index (κ2) is 12.1. The lowest BCUT2D eigenvalue weighted by molar-refractivity contribution is -0.137. The maximum absolute atomic E-state index is 13.7. The van der Waals surface area contributed by atoms with Gasteiger partial charge in [-0.25, -0.2) is 4.79 Å². The van der Waals surface area contributed by atoms with E-state index in [4.69, 9.17) is 4.74 Å². The Hall–Kier alpha value is -4.66. The van der Waals surface area contributed by atoms with Crippen molar-refractivity contribution in [1.82, 2.24) is 4.90 Å². The van der Waals surface area contributed by atoms with Crippen molar-refractivity contribution in [2.45, 2.75) is 32.4 Å². The Morgan fingerprint density at radius 1 is 0.974 bits per heavy atom. The van der Waals surface area contributed by atoms with Crippen molar-refractivity contribution in [3.05, 3.63) is 95.6 Å². The Labute approximate surface area is 220 Å². The molecule has 196 valence electrons. The summed E-state index contributed by atoms with van der Waals surface area (Å²) in [6.45, 7) is 1.82. The largest absolute Gasteiger partial charge is 0.481 e. The van der Waals surface area contributed by atoms with Crippen molar-refractivity contribution in [2.75, 3.05) is 23.3 Å². The Morgan fingerprint density at radius 3 is 2.26 bits per heavy atom. The number of benzene rings is 3. The van der Waals surface area contributed by atoms with Gasteiger partial charge in [0, 0.05) is 25.7 Å². The predicted octanol–water partition coefficient (Wildman–Crippen LogP) is 4.33. The Morgan fingerprint density at radius 2 is 1.63 bits per heavy atom. The van der Waals surface area contributed by atoms with Crippen LogP contribution in [0, 0.1) is 0 Å². The highest BCUT2D eigenvalue weighted by molar-refractivity contribution is 6.07. The van der Waals surface area contributed by atoms with Gasteiger partial charge in [0.25, 0.3) is 5.91 Å². The number of nitrogens with zero attached hydrogens (tertiary/aromatic N) is 2. The van der Waals surface area contributed by atoms with Gasteiger partial charge in [-0.3, -0.25) is 19.7 Å². The van der Waals surface area contributed by atoms with E-state index in [0.29, 0.717) is 24.3 Å². The van der Waals surface area contributed by atoms with Gasteiger partial charge in [-0.15, -0.1) is 0 Å². The summed E-state index contributed by atoms with van der Waals surface area (Å²) in [6, 6.07) is 22.7. The molecule has 9 nitrogen and oxygen atoms in total. The highest BCUT2D eigenvalue weighted by Crippen LogP contribution is 2.32. The van der Waals surface area contributed by atoms with Crippen LogP contribution in [0.1, 0.15) is 34.8 Å². The molecule has 0 saturated heterocycles. The van der Waals surface area contributed by atoms with Crippen molar-refractivity contribution < 1.29 is 29.0 Å². The third kappa shape index (κ3) is 6.56. The molecule has 0 aliphatic carbocycles. The van der Waals surface area contributed by atoms with Crippen LogP contribution in [0.5, 0.6) is 0 Å². The molecule has 0 spiro atoms. The first kappa shape index (κ1) is 26.4. The number of hydrogen-bond donors (Lipinski definition) is 2. The molecule has 3 aromatic carbocycles. The van der Waals surface area contributed by atoms with Gasteiger partial charge < -0.3 is 19.6 Å². The number of anilines is 2. The zero-order valence-electron chi connectivity index (χ0n) is 21.0. The van der Waals surface area contributed by atoms with Gasteiger partial charge in [-0.2, -0.15) is 0 Å². The first-order valence-corrected chi connectivity index (χ1v) is 12.3. The van der Waals surface area contributed by atoms with Crippen LogP contribution in [0.2, 0.25) is 0 Å². The van der Waals surface area contributed by atoms with Crippen LogP contribution < -0.4 is 10.2 Å². The van der Waals surface area contributed by atoms with Crippen molar-refractivity contribution in [2.24, 2.45) is 0 Å². The van der Waals surface area contributed by atoms with Crippen LogP contribution in [-0.2, 0) is 27.4 Å². The topological polar surface area (TPSA) is 116 Å². The lowest BCUT2D eigenvalue weighted by Crippen LogP contribution is -2.46. The van der Waals surface area contributed by atoms with E-state index in [9.17, 15) is 24.3 Å². The molecule has 0 bridgehead atoms. The third-order valence-corrected chi connectivity index (χ3v) is 6.29. The minimum Gasteiger partial charge on any atom is -0.481 e. The summed E-state index contributed by atoms with van der Waals surface area (Å²) < 4.78 is 5.28. The highest BCUT2D eigenvalue weighted by Gasteiger charge is 2.36. The second-order valence-electron chi connectivity index (χ2n) is 9.05. The summed E-state index contributed by atoms with van der Waals surface area (Å²) in [6.07, 6.45) is -0.450. The summed E-state index contributed by atoms with van der Waals surface area (Å²) >= 11 is 0. The number of carbonyl (C=O) groups is 4. The molecule has 4 rings (SSSR count). The molecule has 1 aliphatic rings. The van der Waals surface area contributed by atoms with E-state index < -0.39 is 18.1 Å². The Kier molecular flexibility index (Phi) is 8.37. The zero-order chi connectivity index (χ0) is 27.1. The normalized spacial score (nSPS) is 14.9. The van der Waals surface area contributed by atoms with Gasteiger partial charge in [0.05, 0.1) is 23.7 Å². The average molecular weight is 516 g/mol. The molecule has 0 aromatic heterocycles. The maximum Gasteiger partial charge on any atom is 0.411 e. The monoisotopic (exact) mass is 515 g/mol. The van der Waals surface area contributed by atoms with E-state index in [0.717, 1.165) is 11.1 Å². The van der Waals surface area contributed by atoms with Crippen LogP contribution in [0.4, 0.5) is 16.2 Å². The summed E-state index contributed by atoms with van der Waals surface area (Å²) in [4.78, 5) is 53.4. The lowest BCUT2D eigenvalue weighted by atomic mass is 10.1. The number of aliphatic carboxylic acids is 1. The number of rotatable bonds is 8. The first-order chi connectivity index (χ1) is 18.3. The Bertz CT molecular complexity index is 1310. The SMILES string of the molecule is CC(=O)N1c2ccc(NC(=O)OCc3ccccc3)cc2C(=O)N(CCc2ccccc2)C[C@H]1CC(=O)O. The molecule has 0 radical (unpaired) electrons. The molecule has 2 N–H and O–H groups in total. The van der Waals surface area contributed by atoms with Gasteiger partial charge in [0.15, 0.2) is 0 Å². The molecule has 3 aromatic rings. The number of fused-ring (bicyclic) bond motifs is 1. The van der Waals surface area contributed by atoms with Crippen LogP contribution in [0.15, 0.2) is 78.9 Å². The Balaban J connectivity index is 1.60. The fraction of sp³-hybridized carbons (Fsp3) is 0.241. The third-order valence-electron chi connectivity index (χ3n) is 6.29. The quantitative estimate of drug-likeness (QED) is 0.461. The fourth-order valence-electron chi connectivity index (χ4n) is 4.54. The molecular formula is C29H29N3O6. The van der Waals surface area contributed by atoms with Crippen molar-refractivity contribution >= 4 is 35.3 Å². The number of carboxylic acids is 1. The van der Waals surface area contributed by atoms with Crippen LogP contribution in [0.25, 0.3) is 0 Å². The van der Waals surface area contributed by atoms with E-state index in [1.54, 1.807) is 17.0 Å². The minimum atomic E-state index is -1.07. The summed E-state index contributed by atoms with van der Waals surface area (Å²) in [7, 11) is 0. The van der Waals surface area contributed by atoms with E-state index >= 15 is 0 Å². The maximum atomic E-state index is 13.7. The number of ether oxygens (including phenoxy) is 1. The predicted molar refractivity (Wildman–Crippen MR) is 142 cm³/mol.